The molecule has 2 aliphatic heterocycles. The minimum Gasteiger partial charge on any atom is -0.480 e. The molecule has 208 valence electrons. The van der Waals surface area contributed by atoms with Crippen LogP contribution >= 0.6 is 15.9 Å². The third-order valence-electron chi connectivity index (χ3n) is 7.29. The van der Waals surface area contributed by atoms with Gasteiger partial charge in [-0.25, -0.2) is 4.68 Å². The van der Waals surface area contributed by atoms with Gasteiger partial charge in [-0.3, -0.25) is 4.79 Å². The van der Waals surface area contributed by atoms with Gasteiger partial charge in [-0.15, -0.1) is 0 Å². The number of anilines is 2. The summed E-state index contributed by atoms with van der Waals surface area (Å²) in [6, 6.07) is 6.87. The molecule has 14 heteroatoms. The molecular formula is C25H27BrF3N7O3. The van der Waals surface area contributed by atoms with Crippen LogP contribution in [0.3, 0.4) is 0 Å². The minimum absolute atomic E-state index is 0.137. The third-order valence-corrected chi connectivity index (χ3v) is 7.79. The Morgan fingerprint density at radius 3 is 2.62 bits per heavy atom. The van der Waals surface area contributed by atoms with Crippen molar-refractivity contribution in [2.24, 2.45) is 5.41 Å². The fourth-order valence-electron chi connectivity index (χ4n) is 5.25. The molecule has 2 saturated heterocycles. The number of benzene rings is 1. The number of nitrogens with one attached hydrogen (secondary N) is 1. The van der Waals surface area contributed by atoms with E-state index in [9.17, 15) is 23.1 Å². The van der Waals surface area contributed by atoms with E-state index < -0.39 is 24.3 Å². The fraction of sp³-hybridized carbons (Fsp3) is 0.440. The summed E-state index contributed by atoms with van der Waals surface area (Å²) < 4.78 is 50.7. The highest BCUT2D eigenvalue weighted by Gasteiger charge is 2.46. The van der Waals surface area contributed by atoms with Crippen LogP contribution < -0.4 is 20.7 Å². The van der Waals surface area contributed by atoms with Crippen molar-refractivity contribution in [3.8, 4) is 11.6 Å². The Hall–Kier alpha value is -3.39. The van der Waals surface area contributed by atoms with Gasteiger partial charge in [0.25, 0.3) is 0 Å². The Morgan fingerprint density at radius 1 is 1.26 bits per heavy atom. The van der Waals surface area contributed by atoms with Crippen molar-refractivity contribution >= 4 is 33.7 Å². The molecule has 1 spiro atoms. The highest BCUT2D eigenvalue weighted by molar-refractivity contribution is 9.10. The summed E-state index contributed by atoms with van der Waals surface area (Å²) in [5.74, 6) is -1.03. The Balaban J connectivity index is 1.40. The second-order valence-electron chi connectivity index (χ2n) is 10.0. The predicted octanol–water partition coefficient (Wildman–Crippen LogP) is 4.03. The molecular weight excluding hydrogens is 583 g/mol. The number of ether oxygens (including phenoxy) is 1. The number of aromatic nitrogens is 4. The number of piperidine rings is 1. The molecule has 10 nitrogen and oxygen atoms in total. The highest BCUT2D eigenvalue weighted by atomic mass is 79.9. The number of carboxylic acid groups (broad SMARTS) is 1. The maximum atomic E-state index is 14.4. The van der Waals surface area contributed by atoms with Crippen molar-refractivity contribution in [2.45, 2.75) is 44.5 Å². The van der Waals surface area contributed by atoms with Gasteiger partial charge >= 0.3 is 12.1 Å². The van der Waals surface area contributed by atoms with E-state index in [1.807, 2.05) is 4.90 Å². The molecule has 0 radical (unpaired) electrons. The average molecular weight is 610 g/mol. The van der Waals surface area contributed by atoms with Gasteiger partial charge in [0.15, 0.2) is 0 Å². The molecule has 1 aromatic carbocycles. The molecule has 2 fully saturated rings. The molecule has 39 heavy (non-hydrogen) atoms. The van der Waals surface area contributed by atoms with Crippen LogP contribution in [0.2, 0.25) is 0 Å². The molecule has 0 aliphatic carbocycles. The fourth-order valence-corrected chi connectivity index (χ4v) is 5.60. The summed E-state index contributed by atoms with van der Waals surface area (Å²) in [7, 11) is 0. The summed E-state index contributed by atoms with van der Waals surface area (Å²) in [4.78, 5) is 21.5. The van der Waals surface area contributed by atoms with Crippen molar-refractivity contribution in [3.05, 3.63) is 52.3 Å². The average Bonchev–Trinajstić information content (AvgIpc) is 3.49. The topological polar surface area (TPSA) is 131 Å². The number of alkyl halides is 3. The zero-order valence-electron chi connectivity index (χ0n) is 21.0. The molecule has 5 rings (SSSR count). The van der Waals surface area contributed by atoms with E-state index in [1.54, 1.807) is 25.3 Å². The van der Waals surface area contributed by atoms with E-state index in [-0.39, 0.29) is 28.5 Å². The lowest BCUT2D eigenvalue weighted by molar-refractivity contribution is -0.198. The van der Waals surface area contributed by atoms with E-state index in [0.717, 1.165) is 0 Å². The van der Waals surface area contributed by atoms with Gasteiger partial charge in [-0.1, -0.05) is 22.0 Å². The van der Waals surface area contributed by atoms with Crippen molar-refractivity contribution < 1.29 is 27.8 Å². The molecule has 3 aromatic rings. The van der Waals surface area contributed by atoms with E-state index >= 15 is 0 Å². The summed E-state index contributed by atoms with van der Waals surface area (Å²) in [6.45, 7) is 3.44. The van der Waals surface area contributed by atoms with Crippen molar-refractivity contribution in [2.75, 3.05) is 30.3 Å². The number of carboxylic acids is 1. The maximum Gasteiger partial charge on any atom is 0.429 e. The maximum absolute atomic E-state index is 14.4. The SMILES string of the molecule is Cc1ccn(-c2cc(Br)ccc2C(Oc2cc(N3CCC4(CC3)CN[C@H](C(=O)O)C4)nc(N)n2)C(F)(F)F)n1. The Labute approximate surface area is 230 Å². The van der Waals surface area contributed by atoms with Crippen LogP contribution in [-0.4, -0.2) is 62.7 Å². The zero-order valence-corrected chi connectivity index (χ0v) is 22.5. The number of carbonyl (C=O) groups is 1. The number of nitrogens with two attached hydrogens (primary N) is 1. The lowest BCUT2D eigenvalue weighted by Crippen LogP contribution is -2.41. The van der Waals surface area contributed by atoms with Gasteiger partial charge < -0.3 is 25.8 Å². The van der Waals surface area contributed by atoms with E-state index in [0.29, 0.717) is 54.9 Å². The predicted molar refractivity (Wildman–Crippen MR) is 140 cm³/mol. The van der Waals surface area contributed by atoms with Gasteiger partial charge in [-0.05, 0) is 49.8 Å². The van der Waals surface area contributed by atoms with Crippen LogP contribution in [-0.2, 0) is 4.79 Å². The molecule has 4 heterocycles. The molecule has 0 bridgehead atoms. The van der Waals surface area contributed by atoms with Gasteiger partial charge in [-0.2, -0.15) is 28.2 Å². The van der Waals surface area contributed by atoms with Gasteiger partial charge in [0, 0.05) is 41.9 Å². The van der Waals surface area contributed by atoms with Crippen LogP contribution in [0, 0.1) is 12.3 Å². The molecule has 1 unspecified atom stereocenters. The standard InChI is InChI=1S/C25H27BrF3N7O3/c1-14-4-7-36(34-14)18-10-15(26)2-3-16(18)21(25(27,28)29)39-20-11-19(32-23(30)33-20)35-8-5-24(6-9-35)12-17(22(37)38)31-13-24/h2-4,7,10-11,17,21,31H,5-6,8-9,12-13H2,1H3,(H,37,38)(H2,30,32,33)/t17-,21?/m0/s1. The van der Waals surface area contributed by atoms with Crippen LogP contribution in [0.15, 0.2) is 41.0 Å². The van der Waals surface area contributed by atoms with Crippen LogP contribution in [0.1, 0.15) is 36.6 Å². The van der Waals surface area contributed by atoms with Gasteiger partial charge in [0.1, 0.15) is 11.9 Å². The minimum atomic E-state index is -4.78. The second-order valence-corrected chi connectivity index (χ2v) is 10.9. The van der Waals surface area contributed by atoms with Crippen molar-refractivity contribution in [1.29, 1.82) is 0 Å². The lowest BCUT2D eigenvalue weighted by Gasteiger charge is -2.39. The van der Waals surface area contributed by atoms with E-state index in [1.165, 1.54) is 22.9 Å². The van der Waals surface area contributed by atoms with Crippen LogP contribution in [0.25, 0.3) is 5.69 Å². The summed E-state index contributed by atoms with van der Waals surface area (Å²) >= 11 is 3.32. The zero-order chi connectivity index (χ0) is 27.9. The number of nitrogens with zero attached hydrogens (tertiary/aromatic N) is 5. The number of aryl methyl sites for hydroxylation is 1. The van der Waals surface area contributed by atoms with Crippen LogP contribution in [0.5, 0.6) is 5.88 Å². The molecule has 2 aliphatic rings. The number of aliphatic carboxylic acids is 1. The molecule has 2 aromatic heterocycles. The first-order chi connectivity index (χ1) is 18.4. The summed E-state index contributed by atoms with van der Waals surface area (Å²) in [5, 5.41) is 16.7. The first-order valence-electron chi connectivity index (χ1n) is 12.3. The number of halogens is 4. The van der Waals surface area contributed by atoms with Gasteiger partial charge in [0.2, 0.25) is 17.9 Å². The Bertz CT molecular complexity index is 1380. The van der Waals surface area contributed by atoms with Crippen LogP contribution in [0.4, 0.5) is 24.9 Å². The number of hydrogen-bond donors (Lipinski definition) is 3. The summed E-state index contributed by atoms with van der Waals surface area (Å²) in [5.41, 5.74) is 6.46. The van der Waals surface area contributed by atoms with E-state index in [4.69, 9.17) is 10.5 Å². The highest BCUT2D eigenvalue weighted by Crippen LogP contribution is 2.42. The Kier molecular flexibility index (Phi) is 7.18. The number of nitrogen functional groups attached to an aromatic ring is 1. The number of rotatable bonds is 6. The first-order valence-corrected chi connectivity index (χ1v) is 13.1. The third kappa shape index (κ3) is 5.81. The molecule has 0 saturated carbocycles. The largest absolute Gasteiger partial charge is 0.480 e. The quantitative estimate of drug-likeness (QED) is 0.379. The monoisotopic (exact) mass is 609 g/mol. The van der Waals surface area contributed by atoms with E-state index in [2.05, 4.69) is 36.3 Å². The second kappa shape index (κ2) is 10.3. The molecule has 2 atom stereocenters. The Morgan fingerprint density at radius 2 is 2.00 bits per heavy atom. The van der Waals surface area contributed by atoms with Gasteiger partial charge in [0.05, 0.1) is 11.4 Å². The smallest absolute Gasteiger partial charge is 0.429 e. The molecule has 0 amide bonds. The summed E-state index contributed by atoms with van der Waals surface area (Å²) in [6.07, 6.45) is -3.60. The van der Waals surface area contributed by atoms with Crippen molar-refractivity contribution in [1.82, 2.24) is 25.1 Å². The number of hydrogen-bond acceptors (Lipinski definition) is 8. The van der Waals surface area contributed by atoms with Crippen molar-refractivity contribution in [3.63, 3.8) is 0 Å². The first kappa shape index (κ1) is 27.2. The lowest BCUT2D eigenvalue weighted by atomic mass is 9.76. The molecule has 4 N–H and O–H groups in total. The normalized spacial score (nSPS) is 19.8.